The molecule has 0 saturated heterocycles. The zero-order chi connectivity index (χ0) is 12.8. The SMILES string of the molecule is C#CCCCOc1c(Cl)cccc1CNC1CC1. The number of ether oxygens (including phenoxy) is 1. The maximum atomic E-state index is 6.18. The van der Waals surface area contributed by atoms with Crippen LogP contribution in [0.2, 0.25) is 5.02 Å². The number of hydrogen-bond acceptors (Lipinski definition) is 2. The van der Waals surface area contributed by atoms with Crippen LogP contribution in [0.3, 0.4) is 0 Å². The van der Waals surface area contributed by atoms with E-state index in [0.717, 1.165) is 30.7 Å². The van der Waals surface area contributed by atoms with Gasteiger partial charge in [-0.25, -0.2) is 0 Å². The maximum absolute atomic E-state index is 6.18. The Morgan fingerprint density at radius 2 is 2.28 bits per heavy atom. The minimum Gasteiger partial charge on any atom is -0.492 e. The van der Waals surface area contributed by atoms with E-state index >= 15 is 0 Å². The van der Waals surface area contributed by atoms with Crippen LogP contribution in [0.25, 0.3) is 0 Å². The molecule has 1 aromatic rings. The van der Waals surface area contributed by atoms with Gasteiger partial charge in [0.1, 0.15) is 5.75 Å². The van der Waals surface area contributed by atoms with Gasteiger partial charge >= 0.3 is 0 Å². The van der Waals surface area contributed by atoms with Crippen LogP contribution in [0, 0.1) is 12.3 Å². The van der Waals surface area contributed by atoms with Crippen molar-refractivity contribution < 1.29 is 4.74 Å². The molecule has 0 atom stereocenters. The van der Waals surface area contributed by atoms with E-state index in [0.29, 0.717) is 17.7 Å². The van der Waals surface area contributed by atoms with Gasteiger partial charge < -0.3 is 10.1 Å². The second kappa shape index (κ2) is 6.68. The third-order valence-electron chi connectivity index (χ3n) is 2.92. The number of hydrogen-bond donors (Lipinski definition) is 1. The van der Waals surface area contributed by atoms with E-state index in [-0.39, 0.29) is 0 Å². The van der Waals surface area contributed by atoms with Gasteiger partial charge in [-0.2, -0.15) is 0 Å². The first-order valence-corrected chi connectivity index (χ1v) is 6.76. The van der Waals surface area contributed by atoms with Gasteiger partial charge in [0.15, 0.2) is 0 Å². The molecule has 0 heterocycles. The molecular formula is C15H18ClNO. The Kier molecular flexibility index (Phi) is 4.92. The highest BCUT2D eigenvalue weighted by molar-refractivity contribution is 6.32. The summed E-state index contributed by atoms with van der Waals surface area (Å²) >= 11 is 6.18. The smallest absolute Gasteiger partial charge is 0.142 e. The molecule has 0 bridgehead atoms. The van der Waals surface area contributed by atoms with Crippen LogP contribution >= 0.6 is 11.6 Å². The van der Waals surface area contributed by atoms with Crippen molar-refractivity contribution in [1.82, 2.24) is 5.32 Å². The third-order valence-corrected chi connectivity index (χ3v) is 3.22. The maximum Gasteiger partial charge on any atom is 0.142 e. The Morgan fingerprint density at radius 1 is 1.44 bits per heavy atom. The number of unbranched alkanes of at least 4 members (excludes halogenated alkanes) is 1. The standard InChI is InChI=1S/C15H18ClNO/c1-2-3-4-10-18-15-12(6-5-7-14(15)16)11-17-13-8-9-13/h1,5-7,13,17H,3-4,8-11H2. The molecule has 1 aliphatic rings. The molecule has 1 N–H and O–H groups in total. The van der Waals surface area contributed by atoms with Crippen LogP contribution in [-0.4, -0.2) is 12.6 Å². The quantitative estimate of drug-likeness (QED) is 0.602. The third kappa shape index (κ3) is 3.94. The van der Waals surface area contributed by atoms with E-state index in [1.165, 1.54) is 12.8 Å². The highest BCUT2D eigenvalue weighted by Crippen LogP contribution is 2.29. The molecule has 0 radical (unpaired) electrons. The fourth-order valence-electron chi connectivity index (χ4n) is 1.74. The Hall–Kier alpha value is -1.17. The molecular weight excluding hydrogens is 246 g/mol. The monoisotopic (exact) mass is 263 g/mol. The predicted molar refractivity (Wildman–Crippen MR) is 74.9 cm³/mol. The summed E-state index contributed by atoms with van der Waals surface area (Å²) < 4.78 is 5.76. The van der Waals surface area contributed by atoms with Crippen LogP contribution in [0.5, 0.6) is 5.75 Å². The Morgan fingerprint density at radius 3 is 3.00 bits per heavy atom. The molecule has 0 amide bonds. The van der Waals surface area contributed by atoms with Gasteiger partial charge in [0.05, 0.1) is 11.6 Å². The van der Waals surface area contributed by atoms with Crippen LogP contribution in [-0.2, 0) is 6.54 Å². The number of rotatable bonds is 7. The lowest BCUT2D eigenvalue weighted by Gasteiger charge is -2.13. The molecule has 96 valence electrons. The van der Waals surface area contributed by atoms with Gasteiger partial charge in [0.25, 0.3) is 0 Å². The average molecular weight is 264 g/mol. The Bertz CT molecular complexity index is 435. The second-order valence-electron chi connectivity index (χ2n) is 4.54. The lowest BCUT2D eigenvalue weighted by molar-refractivity contribution is 0.309. The second-order valence-corrected chi connectivity index (χ2v) is 4.95. The van der Waals surface area contributed by atoms with Crippen LogP contribution in [0.1, 0.15) is 31.2 Å². The molecule has 0 aliphatic heterocycles. The minimum atomic E-state index is 0.615. The van der Waals surface area contributed by atoms with E-state index in [1.807, 2.05) is 12.1 Å². The van der Waals surface area contributed by atoms with Gasteiger partial charge in [-0.05, 0) is 25.3 Å². The fourth-order valence-corrected chi connectivity index (χ4v) is 1.99. The molecule has 0 aromatic heterocycles. The zero-order valence-electron chi connectivity index (χ0n) is 10.4. The lowest BCUT2D eigenvalue weighted by atomic mass is 10.2. The summed E-state index contributed by atoms with van der Waals surface area (Å²) in [7, 11) is 0. The zero-order valence-corrected chi connectivity index (χ0v) is 11.2. The van der Waals surface area contributed by atoms with Gasteiger partial charge in [-0.15, -0.1) is 12.3 Å². The summed E-state index contributed by atoms with van der Waals surface area (Å²) in [5.74, 6) is 3.40. The highest BCUT2D eigenvalue weighted by Gasteiger charge is 2.20. The number of terminal acetylenes is 1. The van der Waals surface area contributed by atoms with Crippen LogP contribution in [0.4, 0.5) is 0 Å². The van der Waals surface area contributed by atoms with Crippen molar-refractivity contribution in [3.63, 3.8) is 0 Å². The topological polar surface area (TPSA) is 21.3 Å². The molecule has 1 saturated carbocycles. The number of benzene rings is 1. The Balaban J connectivity index is 1.93. The molecule has 2 nitrogen and oxygen atoms in total. The highest BCUT2D eigenvalue weighted by atomic mass is 35.5. The van der Waals surface area contributed by atoms with Crippen molar-refractivity contribution in [3.05, 3.63) is 28.8 Å². The normalized spacial score (nSPS) is 14.2. The van der Waals surface area contributed by atoms with E-state index in [9.17, 15) is 0 Å². The molecule has 0 spiro atoms. The van der Waals surface area contributed by atoms with Crippen molar-refractivity contribution in [2.75, 3.05) is 6.61 Å². The lowest BCUT2D eigenvalue weighted by Crippen LogP contribution is -2.16. The minimum absolute atomic E-state index is 0.615. The number of nitrogens with one attached hydrogen (secondary N) is 1. The first-order valence-electron chi connectivity index (χ1n) is 6.38. The van der Waals surface area contributed by atoms with Crippen molar-refractivity contribution in [1.29, 1.82) is 0 Å². The summed E-state index contributed by atoms with van der Waals surface area (Å²) in [5.41, 5.74) is 1.12. The van der Waals surface area contributed by atoms with Gasteiger partial charge in [0, 0.05) is 24.6 Å². The van der Waals surface area contributed by atoms with Gasteiger partial charge in [-0.1, -0.05) is 23.7 Å². The molecule has 2 rings (SSSR count). The number of para-hydroxylation sites is 1. The molecule has 18 heavy (non-hydrogen) atoms. The average Bonchev–Trinajstić information content (AvgIpc) is 3.18. The summed E-state index contributed by atoms with van der Waals surface area (Å²) in [6, 6.07) is 6.55. The van der Waals surface area contributed by atoms with E-state index < -0.39 is 0 Å². The molecule has 0 unspecified atom stereocenters. The molecule has 3 heteroatoms. The van der Waals surface area contributed by atoms with Crippen molar-refractivity contribution in [3.8, 4) is 18.1 Å². The number of halogens is 1. The van der Waals surface area contributed by atoms with Crippen LogP contribution < -0.4 is 10.1 Å². The Labute approximate surface area is 114 Å². The van der Waals surface area contributed by atoms with E-state index in [4.69, 9.17) is 22.8 Å². The van der Waals surface area contributed by atoms with E-state index in [1.54, 1.807) is 0 Å². The first-order chi connectivity index (χ1) is 8.81. The summed E-state index contributed by atoms with van der Waals surface area (Å²) in [6.45, 7) is 1.43. The first kappa shape index (κ1) is 13.3. The van der Waals surface area contributed by atoms with Crippen LogP contribution in [0.15, 0.2) is 18.2 Å². The molecule has 1 fully saturated rings. The fraction of sp³-hybridized carbons (Fsp3) is 0.467. The van der Waals surface area contributed by atoms with Gasteiger partial charge in [-0.3, -0.25) is 0 Å². The molecule has 1 aliphatic carbocycles. The van der Waals surface area contributed by atoms with Gasteiger partial charge in [0.2, 0.25) is 0 Å². The molecule has 1 aromatic carbocycles. The summed E-state index contributed by atoms with van der Waals surface area (Å²) in [6.07, 6.45) is 9.36. The summed E-state index contributed by atoms with van der Waals surface area (Å²) in [4.78, 5) is 0. The van der Waals surface area contributed by atoms with Crippen molar-refractivity contribution >= 4 is 11.6 Å². The predicted octanol–water partition coefficient (Wildman–Crippen LogP) is 3.38. The van der Waals surface area contributed by atoms with Crippen molar-refractivity contribution in [2.45, 2.75) is 38.3 Å². The largest absolute Gasteiger partial charge is 0.492 e. The van der Waals surface area contributed by atoms with Crippen molar-refractivity contribution in [2.24, 2.45) is 0 Å². The summed E-state index contributed by atoms with van der Waals surface area (Å²) in [5, 5.41) is 4.14. The van der Waals surface area contributed by atoms with E-state index in [2.05, 4.69) is 17.3 Å².